The number of amides is 1. The van der Waals surface area contributed by atoms with Gasteiger partial charge in [0, 0.05) is 7.05 Å². The quantitative estimate of drug-likeness (QED) is 0.521. The number of hydrogen-bond acceptors (Lipinski definition) is 3. The van der Waals surface area contributed by atoms with Crippen molar-refractivity contribution in [2.24, 2.45) is 5.41 Å². The van der Waals surface area contributed by atoms with E-state index >= 15 is 0 Å². The Morgan fingerprint density at radius 1 is 1.40 bits per heavy atom. The second-order valence-corrected chi connectivity index (χ2v) is 4.35. The average molecular weight is 213 g/mol. The molecule has 0 aliphatic rings. The first-order chi connectivity index (χ1) is 6.79. The minimum atomic E-state index is -0.499. The Kier molecular flexibility index (Phi) is 5.05. The zero-order chi connectivity index (χ0) is 12.1. The highest BCUT2D eigenvalue weighted by molar-refractivity contribution is 5.86. The molecule has 0 aromatic carbocycles. The molecule has 0 fully saturated rings. The standard InChI is InChI=1S/C11H19NO3/c1-6-9(13)12(5)7-8-15-10(14)11(2,3)4/h6H,1,7-8H2,2-5H3. The summed E-state index contributed by atoms with van der Waals surface area (Å²) in [6.45, 7) is 9.32. The van der Waals surface area contributed by atoms with E-state index in [2.05, 4.69) is 6.58 Å². The van der Waals surface area contributed by atoms with Gasteiger partial charge in [-0.2, -0.15) is 0 Å². The zero-order valence-electron chi connectivity index (χ0n) is 9.87. The number of carbonyl (C=O) groups excluding carboxylic acids is 2. The lowest BCUT2D eigenvalue weighted by Crippen LogP contribution is -2.31. The van der Waals surface area contributed by atoms with E-state index < -0.39 is 5.41 Å². The fourth-order valence-electron chi connectivity index (χ4n) is 0.758. The van der Waals surface area contributed by atoms with Gasteiger partial charge in [0.25, 0.3) is 0 Å². The van der Waals surface area contributed by atoms with Gasteiger partial charge >= 0.3 is 5.97 Å². The molecule has 0 aliphatic heterocycles. The third-order valence-corrected chi connectivity index (χ3v) is 1.82. The Balaban J connectivity index is 3.86. The number of rotatable bonds is 4. The van der Waals surface area contributed by atoms with Gasteiger partial charge < -0.3 is 9.64 Å². The van der Waals surface area contributed by atoms with Crippen molar-refractivity contribution in [2.75, 3.05) is 20.2 Å². The van der Waals surface area contributed by atoms with Crippen molar-refractivity contribution in [1.82, 2.24) is 4.90 Å². The first kappa shape index (κ1) is 13.7. The van der Waals surface area contributed by atoms with Gasteiger partial charge in [-0.15, -0.1) is 0 Å². The lowest BCUT2D eigenvalue weighted by molar-refractivity contribution is -0.153. The molecule has 0 unspecified atom stereocenters. The van der Waals surface area contributed by atoms with Gasteiger partial charge in [0.1, 0.15) is 6.61 Å². The lowest BCUT2D eigenvalue weighted by Gasteiger charge is -2.19. The molecule has 0 bridgehead atoms. The molecule has 0 aromatic rings. The van der Waals surface area contributed by atoms with Gasteiger partial charge in [0.2, 0.25) is 5.91 Å². The van der Waals surface area contributed by atoms with Gasteiger partial charge in [-0.05, 0) is 26.8 Å². The maximum absolute atomic E-state index is 11.3. The average Bonchev–Trinajstić information content (AvgIpc) is 2.14. The summed E-state index contributed by atoms with van der Waals surface area (Å²) in [6, 6.07) is 0. The van der Waals surface area contributed by atoms with Crippen LogP contribution in [-0.4, -0.2) is 37.0 Å². The molecule has 0 aliphatic carbocycles. The Labute approximate surface area is 90.9 Å². The summed E-state index contributed by atoms with van der Waals surface area (Å²) < 4.78 is 5.00. The SMILES string of the molecule is C=CC(=O)N(C)CCOC(=O)C(C)(C)C. The van der Waals surface area contributed by atoms with Crippen molar-refractivity contribution in [2.45, 2.75) is 20.8 Å². The second-order valence-electron chi connectivity index (χ2n) is 4.35. The smallest absolute Gasteiger partial charge is 0.311 e. The minimum Gasteiger partial charge on any atom is -0.463 e. The third kappa shape index (κ3) is 5.20. The molecule has 0 N–H and O–H groups in total. The number of esters is 1. The molecular formula is C11H19NO3. The van der Waals surface area contributed by atoms with E-state index in [0.29, 0.717) is 6.54 Å². The Bertz CT molecular complexity index is 253. The Hall–Kier alpha value is -1.32. The van der Waals surface area contributed by atoms with Crippen molar-refractivity contribution < 1.29 is 14.3 Å². The molecule has 4 nitrogen and oxygen atoms in total. The molecule has 0 radical (unpaired) electrons. The summed E-state index contributed by atoms with van der Waals surface area (Å²) in [7, 11) is 1.63. The summed E-state index contributed by atoms with van der Waals surface area (Å²) in [6.07, 6.45) is 1.23. The monoisotopic (exact) mass is 213 g/mol. The van der Waals surface area contributed by atoms with Gasteiger partial charge in [0.15, 0.2) is 0 Å². The maximum Gasteiger partial charge on any atom is 0.311 e. The van der Waals surface area contributed by atoms with Crippen LogP contribution in [0.5, 0.6) is 0 Å². The minimum absolute atomic E-state index is 0.179. The second kappa shape index (κ2) is 5.53. The van der Waals surface area contributed by atoms with Crippen LogP contribution in [0.1, 0.15) is 20.8 Å². The van der Waals surface area contributed by atoms with Crippen LogP contribution in [-0.2, 0) is 14.3 Å². The normalized spacial score (nSPS) is 10.7. The van der Waals surface area contributed by atoms with Gasteiger partial charge in [-0.1, -0.05) is 6.58 Å². The molecule has 0 aromatic heterocycles. The first-order valence-electron chi connectivity index (χ1n) is 4.84. The van der Waals surface area contributed by atoms with Gasteiger partial charge in [-0.25, -0.2) is 0 Å². The lowest BCUT2D eigenvalue weighted by atomic mass is 9.97. The molecule has 0 saturated carbocycles. The Morgan fingerprint density at radius 3 is 2.33 bits per heavy atom. The van der Waals surface area contributed by atoms with Crippen LogP contribution in [0, 0.1) is 5.41 Å². The van der Waals surface area contributed by atoms with Crippen LogP contribution in [0.25, 0.3) is 0 Å². The summed E-state index contributed by atoms with van der Waals surface area (Å²) in [4.78, 5) is 23.8. The van der Waals surface area contributed by atoms with Crippen LogP contribution in [0.4, 0.5) is 0 Å². The fraction of sp³-hybridized carbons (Fsp3) is 0.636. The molecule has 0 heterocycles. The van der Waals surface area contributed by atoms with Crippen molar-refractivity contribution in [3.8, 4) is 0 Å². The number of ether oxygens (including phenoxy) is 1. The van der Waals surface area contributed by atoms with Crippen LogP contribution in [0.2, 0.25) is 0 Å². The van der Waals surface area contributed by atoms with E-state index in [1.54, 1.807) is 27.8 Å². The molecule has 0 spiro atoms. The van der Waals surface area contributed by atoms with Crippen molar-refractivity contribution in [1.29, 1.82) is 0 Å². The predicted octanol–water partition coefficient (Wildman–Crippen LogP) is 1.22. The first-order valence-corrected chi connectivity index (χ1v) is 4.84. The number of nitrogens with zero attached hydrogens (tertiary/aromatic N) is 1. The van der Waals surface area contributed by atoms with Crippen molar-refractivity contribution in [3.05, 3.63) is 12.7 Å². The third-order valence-electron chi connectivity index (χ3n) is 1.82. The zero-order valence-corrected chi connectivity index (χ0v) is 9.87. The van der Waals surface area contributed by atoms with E-state index in [4.69, 9.17) is 4.74 Å². The molecular weight excluding hydrogens is 194 g/mol. The molecule has 1 amide bonds. The summed E-state index contributed by atoms with van der Waals surface area (Å²) in [5, 5.41) is 0. The maximum atomic E-state index is 11.3. The van der Waals surface area contributed by atoms with Crippen LogP contribution >= 0.6 is 0 Å². The number of hydrogen-bond donors (Lipinski definition) is 0. The molecule has 0 rings (SSSR count). The molecule has 4 heteroatoms. The largest absolute Gasteiger partial charge is 0.463 e. The van der Waals surface area contributed by atoms with Crippen LogP contribution in [0.15, 0.2) is 12.7 Å². The fourth-order valence-corrected chi connectivity index (χ4v) is 0.758. The Morgan fingerprint density at radius 2 is 1.93 bits per heavy atom. The molecule has 86 valence electrons. The highest BCUT2D eigenvalue weighted by Crippen LogP contribution is 2.14. The van der Waals surface area contributed by atoms with Gasteiger partial charge in [-0.3, -0.25) is 9.59 Å². The van der Waals surface area contributed by atoms with E-state index in [0.717, 1.165) is 0 Å². The highest BCUT2D eigenvalue weighted by atomic mass is 16.5. The van der Waals surface area contributed by atoms with Crippen molar-refractivity contribution >= 4 is 11.9 Å². The van der Waals surface area contributed by atoms with E-state index in [1.807, 2.05) is 0 Å². The molecule has 15 heavy (non-hydrogen) atoms. The van der Waals surface area contributed by atoms with Crippen LogP contribution in [0.3, 0.4) is 0 Å². The molecule has 0 saturated heterocycles. The van der Waals surface area contributed by atoms with Crippen LogP contribution < -0.4 is 0 Å². The van der Waals surface area contributed by atoms with Crippen molar-refractivity contribution in [3.63, 3.8) is 0 Å². The molecule has 0 atom stereocenters. The summed E-state index contributed by atoms with van der Waals surface area (Å²) in [5.74, 6) is -0.441. The highest BCUT2D eigenvalue weighted by Gasteiger charge is 2.22. The predicted molar refractivity (Wildman–Crippen MR) is 58.2 cm³/mol. The number of likely N-dealkylation sites (N-methyl/N-ethyl adjacent to an activating group) is 1. The summed E-state index contributed by atoms with van der Waals surface area (Å²) in [5.41, 5.74) is -0.499. The van der Waals surface area contributed by atoms with E-state index in [9.17, 15) is 9.59 Å². The van der Waals surface area contributed by atoms with Gasteiger partial charge in [0.05, 0.1) is 12.0 Å². The number of carbonyl (C=O) groups is 2. The topological polar surface area (TPSA) is 46.6 Å². The van der Waals surface area contributed by atoms with E-state index in [-0.39, 0.29) is 18.5 Å². The van der Waals surface area contributed by atoms with E-state index in [1.165, 1.54) is 11.0 Å². The summed E-state index contributed by atoms with van der Waals surface area (Å²) >= 11 is 0.